The van der Waals surface area contributed by atoms with Crippen LogP contribution in [0.1, 0.15) is 0 Å². The van der Waals surface area contributed by atoms with Crippen LogP contribution >= 0.6 is 38.6 Å². The van der Waals surface area contributed by atoms with Crippen LogP contribution in [0.15, 0.2) is 50.9 Å². The van der Waals surface area contributed by atoms with Gasteiger partial charge in [0.1, 0.15) is 5.01 Å². The van der Waals surface area contributed by atoms with Crippen molar-refractivity contribution in [1.29, 1.82) is 0 Å². The molecule has 3 rings (SSSR count). The second kappa shape index (κ2) is 4.72. The van der Waals surface area contributed by atoms with Crippen LogP contribution in [0, 0.1) is 0 Å². The Labute approximate surface area is 116 Å². The molecular weight excluding hydrogens is 314 g/mol. The first kappa shape index (κ1) is 11.1. The molecule has 0 radical (unpaired) electrons. The minimum atomic E-state index is 1.05. The minimum absolute atomic E-state index is 1.05. The van der Waals surface area contributed by atoms with Crippen LogP contribution in [-0.2, 0) is 0 Å². The number of hydrogen-bond donors (Lipinski definition) is 0. The summed E-state index contributed by atoms with van der Waals surface area (Å²) in [6, 6.07) is 10.3. The number of rotatable bonds is 2. The molecule has 0 aliphatic carbocycles. The summed E-state index contributed by atoms with van der Waals surface area (Å²) in [6.07, 6.45) is 0. The van der Waals surface area contributed by atoms with Crippen LogP contribution in [0.5, 0.6) is 0 Å². The average Bonchev–Trinajstić information content (AvgIpc) is 3.00. The van der Waals surface area contributed by atoms with E-state index in [1.54, 1.807) is 22.7 Å². The molecule has 3 aromatic rings. The van der Waals surface area contributed by atoms with E-state index in [4.69, 9.17) is 0 Å². The summed E-state index contributed by atoms with van der Waals surface area (Å²) in [5.41, 5.74) is 3.41. The number of aromatic nitrogens is 1. The first-order valence-electron chi connectivity index (χ1n) is 5.07. The van der Waals surface area contributed by atoms with E-state index in [9.17, 15) is 0 Å². The maximum atomic E-state index is 4.68. The zero-order valence-corrected chi connectivity index (χ0v) is 12.0. The fraction of sp³-hybridized carbons (Fsp3) is 0. The van der Waals surface area contributed by atoms with Crippen molar-refractivity contribution >= 4 is 38.6 Å². The van der Waals surface area contributed by atoms with Gasteiger partial charge in [0.2, 0.25) is 0 Å². The third-order valence-electron chi connectivity index (χ3n) is 2.43. The fourth-order valence-electron chi connectivity index (χ4n) is 1.57. The first-order valence-corrected chi connectivity index (χ1v) is 7.69. The van der Waals surface area contributed by atoms with Gasteiger partial charge >= 0.3 is 0 Å². The van der Waals surface area contributed by atoms with E-state index in [0.29, 0.717) is 0 Å². The van der Waals surface area contributed by atoms with Gasteiger partial charge in [-0.3, -0.25) is 0 Å². The Morgan fingerprint density at radius 3 is 2.71 bits per heavy atom. The Balaban J connectivity index is 2.04. The molecule has 0 spiro atoms. The molecule has 0 bridgehead atoms. The summed E-state index contributed by atoms with van der Waals surface area (Å²) in [5.74, 6) is 0. The van der Waals surface area contributed by atoms with Gasteiger partial charge in [-0.1, -0.05) is 34.1 Å². The van der Waals surface area contributed by atoms with Crippen LogP contribution in [0.25, 0.3) is 21.8 Å². The third-order valence-corrected chi connectivity index (χ3v) is 4.68. The number of thiazole rings is 1. The lowest BCUT2D eigenvalue weighted by atomic mass is 10.2. The van der Waals surface area contributed by atoms with Crippen molar-refractivity contribution in [3.05, 3.63) is 50.9 Å². The quantitative estimate of drug-likeness (QED) is 0.624. The summed E-state index contributed by atoms with van der Waals surface area (Å²) in [4.78, 5) is 4.68. The SMILES string of the molecule is Brc1ccccc1-c1nc(-c2ccsc2)cs1. The molecular formula is C13H8BrNS2. The van der Waals surface area contributed by atoms with Crippen molar-refractivity contribution in [1.82, 2.24) is 4.98 Å². The van der Waals surface area contributed by atoms with Crippen molar-refractivity contribution in [3.8, 4) is 21.8 Å². The monoisotopic (exact) mass is 321 g/mol. The van der Waals surface area contributed by atoms with Crippen LogP contribution in [0.4, 0.5) is 0 Å². The molecule has 1 nitrogen and oxygen atoms in total. The van der Waals surface area contributed by atoms with Gasteiger partial charge in [0.25, 0.3) is 0 Å². The smallest absolute Gasteiger partial charge is 0.125 e. The summed E-state index contributed by atoms with van der Waals surface area (Å²) < 4.78 is 1.09. The second-order valence-electron chi connectivity index (χ2n) is 3.53. The Morgan fingerprint density at radius 1 is 1.06 bits per heavy atom. The Morgan fingerprint density at radius 2 is 1.94 bits per heavy atom. The molecule has 0 saturated heterocycles. The number of halogens is 1. The second-order valence-corrected chi connectivity index (χ2v) is 6.02. The summed E-state index contributed by atoms with van der Waals surface area (Å²) >= 11 is 6.94. The largest absolute Gasteiger partial charge is 0.236 e. The highest BCUT2D eigenvalue weighted by Gasteiger charge is 2.08. The van der Waals surface area contributed by atoms with Crippen molar-refractivity contribution in [2.24, 2.45) is 0 Å². The molecule has 84 valence electrons. The van der Waals surface area contributed by atoms with E-state index in [1.165, 1.54) is 5.56 Å². The molecule has 0 N–H and O–H groups in total. The predicted octanol–water partition coefficient (Wildman–Crippen LogP) is 5.30. The van der Waals surface area contributed by atoms with Gasteiger partial charge in [-0.2, -0.15) is 11.3 Å². The van der Waals surface area contributed by atoms with Crippen molar-refractivity contribution in [3.63, 3.8) is 0 Å². The van der Waals surface area contributed by atoms with Crippen LogP contribution in [0.2, 0.25) is 0 Å². The molecule has 0 atom stereocenters. The third kappa shape index (κ3) is 2.20. The standard InChI is InChI=1S/C13H8BrNS2/c14-11-4-2-1-3-10(11)13-15-12(8-17-13)9-5-6-16-7-9/h1-8H. The van der Waals surface area contributed by atoms with E-state index >= 15 is 0 Å². The molecule has 17 heavy (non-hydrogen) atoms. The van der Waals surface area contributed by atoms with Crippen molar-refractivity contribution < 1.29 is 0 Å². The molecule has 4 heteroatoms. The Kier molecular flexibility index (Phi) is 3.09. The number of hydrogen-bond acceptors (Lipinski definition) is 3. The topological polar surface area (TPSA) is 12.9 Å². The zero-order valence-electron chi connectivity index (χ0n) is 8.76. The van der Waals surface area contributed by atoms with Crippen LogP contribution in [-0.4, -0.2) is 4.98 Å². The summed E-state index contributed by atoms with van der Waals surface area (Å²) in [5, 5.41) is 7.36. The predicted molar refractivity (Wildman–Crippen MR) is 78.6 cm³/mol. The van der Waals surface area contributed by atoms with E-state index < -0.39 is 0 Å². The highest BCUT2D eigenvalue weighted by Crippen LogP contribution is 2.33. The normalized spacial score (nSPS) is 10.6. The van der Waals surface area contributed by atoms with Crippen LogP contribution < -0.4 is 0 Å². The lowest BCUT2D eigenvalue weighted by Crippen LogP contribution is -1.78. The maximum Gasteiger partial charge on any atom is 0.125 e. The van der Waals surface area contributed by atoms with Gasteiger partial charge in [0, 0.05) is 26.4 Å². The maximum absolute atomic E-state index is 4.68. The highest BCUT2D eigenvalue weighted by atomic mass is 79.9. The van der Waals surface area contributed by atoms with Gasteiger partial charge in [-0.15, -0.1) is 11.3 Å². The van der Waals surface area contributed by atoms with Crippen molar-refractivity contribution in [2.45, 2.75) is 0 Å². The molecule has 0 unspecified atom stereocenters. The molecule has 0 aliphatic rings. The zero-order chi connectivity index (χ0) is 11.7. The minimum Gasteiger partial charge on any atom is -0.236 e. The lowest BCUT2D eigenvalue weighted by Gasteiger charge is -1.98. The summed E-state index contributed by atoms with van der Waals surface area (Å²) in [7, 11) is 0. The molecule has 1 aromatic carbocycles. The van der Waals surface area contributed by atoms with Crippen LogP contribution in [0.3, 0.4) is 0 Å². The first-order chi connectivity index (χ1) is 8.34. The van der Waals surface area contributed by atoms with Gasteiger partial charge in [0.15, 0.2) is 0 Å². The summed E-state index contributed by atoms with van der Waals surface area (Å²) in [6.45, 7) is 0. The molecule has 0 amide bonds. The Bertz CT molecular complexity index is 628. The number of nitrogens with zero attached hydrogens (tertiary/aromatic N) is 1. The van der Waals surface area contributed by atoms with Gasteiger partial charge in [-0.25, -0.2) is 4.98 Å². The Hall–Kier alpha value is -0.970. The van der Waals surface area contributed by atoms with Gasteiger partial charge < -0.3 is 0 Å². The van der Waals surface area contributed by atoms with Gasteiger partial charge in [-0.05, 0) is 17.5 Å². The van der Waals surface area contributed by atoms with E-state index in [1.807, 2.05) is 18.2 Å². The van der Waals surface area contributed by atoms with E-state index in [2.05, 4.69) is 49.2 Å². The van der Waals surface area contributed by atoms with Crippen molar-refractivity contribution in [2.75, 3.05) is 0 Å². The van der Waals surface area contributed by atoms with Gasteiger partial charge in [0.05, 0.1) is 5.69 Å². The number of benzene rings is 1. The highest BCUT2D eigenvalue weighted by molar-refractivity contribution is 9.10. The van der Waals surface area contributed by atoms with E-state index in [-0.39, 0.29) is 0 Å². The molecule has 0 saturated carbocycles. The lowest BCUT2D eigenvalue weighted by molar-refractivity contribution is 1.40. The average molecular weight is 322 g/mol. The fourth-order valence-corrected chi connectivity index (χ4v) is 3.70. The molecule has 0 fully saturated rings. The number of thiophene rings is 1. The molecule has 2 aromatic heterocycles. The molecule has 0 aliphatic heterocycles. The van der Waals surface area contributed by atoms with E-state index in [0.717, 1.165) is 20.7 Å². The molecule has 2 heterocycles.